The fraction of sp³-hybridized carbons (Fsp3) is 0.300. The van der Waals surface area contributed by atoms with E-state index in [1.807, 2.05) is 0 Å². The van der Waals surface area contributed by atoms with E-state index in [2.05, 4.69) is 0 Å². The van der Waals surface area contributed by atoms with Gasteiger partial charge in [0.2, 0.25) is 0 Å². The van der Waals surface area contributed by atoms with Crippen LogP contribution in [-0.2, 0) is 0 Å². The summed E-state index contributed by atoms with van der Waals surface area (Å²) in [6.45, 7) is 0. The number of carbonyl (C=O) groups is 1. The molecule has 0 atom stereocenters. The van der Waals surface area contributed by atoms with Crippen molar-refractivity contribution in [1.29, 1.82) is 0 Å². The minimum absolute atomic E-state index is 0.246. The zero-order chi connectivity index (χ0) is 9.42. The lowest BCUT2D eigenvalue weighted by Gasteiger charge is -2.02. The summed E-state index contributed by atoms with van der Waals surface area (Å²) in [7, 11) is 0. The van der Waals surface area contributed by atoms with Crippen molar-refractivity contribution in [3.8, 4) is 5.75 Å². The van der Waals surface area contributed by atoms with Gasteiger partial charge in [0.25, 0.3) is 0 Å². The highest BCUT2D eigenvalue weighted by Gasteiger charge is 2.25. The van der Waals surface area contributed by atoms with Crippen LogP contribution in [0.1, 0.15) is 34.7 Å². The van der Waals surface area contributed by atoms with Crippen molar-refractivity contribution in [2.24, 2.45) is 0 Å². The summed E-state index contributed by atoms with van der Waals surface area (Å²) >= 11 is 0. The molecule has 0 aliphatic heterocycles. The quantitative estimate of drug-likeness (QED) is 0.708. The van der Waals surface area contributed by atoms with Crippen LogP contribution in [0.5, 0.6) is 5.75 Å². The smallest absolute Gasteiger partial charge is 0.156 e. The predicted octanol–water partition coefficient (Wildman–Crippen LogP) is 2.22. The average Bonchev–Trinajstić information content (AvgIpc) is 2.85. The highest BCUT2D eigenvalue weighted by molar-refractivity contribution is 5.79. The summed E-state index contributed by atoms with van der Waals surface area (Å²) in [5.41, 5.74) is 0.546. The SMILES string of the molecule is O=Cc1c(O)cc(C2CC2)cc1F. The van der Waals surface area contributed by atoms with Crippen LogP contribution in [0.2, 0.25) is 0 Å². The van der Waals surface area contributed by atoms with E-state index in [1.54, 1.807) is 0 Å². The molecule has 0 saturated heterocycles. The molecule has 1 aliphatic carbocycles. The Balaban J connectivity index is 2.48. The Morgan fingerprint density at radius 2 is 2.15 bits per heavy atom. The Bertz CT molecular complexity index is 333. The first-order valence-corrected chi connectivity index (χ1v) is 4.20. The van der Waals surface area contributed by atoms with Crippen LogP contribution >= 0.6 is 0 Å². The van der Waals surface area contributed by atoms with Crippen LogP contribution < -0.4 is 0 Å². The van der Waals surface area contributed by atoms with Crippen LogP contribution in [0.25, 0.3) is 0 Å². The van der Waals surface area contributed by atoms with Crippen molar-refractivity contribution in [3.63, 3.8) is 0 Å². The molecule has 1 fully saturated rings. The molecular formula is C10H9FO2. The maximum absolute atomic E-state index is 13.1. The first kappa shape index (κ1) is 8.23. The van der Waals surface area contributed by atoms with Gasteiger partial charge in [-0.2, -0.15) is 0 Å². The highest BCUT2D eigenvalue weighted by Crippen LogP contribution is 2.41. The summed E-state index contributed by atoms with van der Waals surface area (Å²) < 4.78 is 13.1. The van der Waals surface area contributed by atoms with Crippen molar-refractivity contribution in [1.82, 2.24) is 0 Å². The molecule has 1 aliphatic rings. The van der Waals surface area contributed by atoms with E-state index < -0.39 is 5.82 Å². The molecular weight excluding hydrogens is 171 g/mol. The molecule has 2 nitrogen and oxygen atoms in total. The standard InChI is InChI=1S/C10H9FO2/c11-9-3-7(6-1-2-6)4-10(13)8(9)5-12/h3-6,13H,1-2H2. The second-order valence-corrected chi connectivity index (χ2v) is 3.33. The lowest BCUT2D eigenvalue weighted by atomic mass is 10.1. The van der Waals surface area contributed by atoms with Gasteiger partial charge in [-0.05, 0) is 36.5 Å². The van der Waals surface area contributed by atoms with Gasteiger partial charge < -0.3 is 5.11 Å². The van der Waals surface area contributed by atoms with Gasteiger partial charge in [0.05, 0.1) is 5.56 Å². The van der Waals surface area contributed by atoms with Crippen molar-refractivity contribution in [2.45, 2.75) is 18.8 Å². The number of rotatable bonds is 2. The van der Waals surface area contributed by atoms with E-state index in [0.717, 1.165) is 18.4 Å². The molecule has 0 bridgehead atoms. The average molecular weight is 180 g/mol. The third-order valence-electron chi connectivity index (χ3n) is 2.30. The summed E-state index contributed by atoms with van der Waals surface area (Å²) in [6.07, 6.45) is 2.42. The van der Waals surface area contributed by atoms with Gasteiger partial charge in [0.1, 0.15) is 11.6 Å². The van der Waals surface area contributed by atoms with E-state index >= 15 is 0 Å². The second-order valence-electron chi connectivity index (χ2n) is 3.33. The Morgan fingerprint density at radius 1 is 1.46 bits per heavy atom. The molecule has 0 heterocycles. The first-order valence-electron chi connectivity index (χ1n) is 4.20. The van der Waals surface area contributed by atoms with Crippen molar-refractivity contribution in [2.75, 3.05) is 0 Å². The summed E-state index contributed by atoms with van der Waals surface area (Å²) in [5, 5.41) is 9.28. The molecule has 0 unspecified atom stereocenters. The van der Waals surface area contributed by atoms with E-state index in [0.29, 0.717) is 12.2 Å². The predicted molar refractivity (Wildman–Crippen MR) is 45.4 cm³/mol. The van der Waals surface area contributed by atoms with E-state index in [-0.39, 0.29) is 11.3 Å². The molecule has 1 N–H and O–H groups in total. The minimum atomic E-state index is -0.628. The van der Waals surface area contributed by atoms with Crippen LogP contribution in [-0.4, -0.2) is 11.4 Å². The highest BCUT2D eigenvalue weighted by atomic mass is 19.1. The van der Waals surface area contributed by atoms with Gasteiger partial charge >= 0.3 is 0 Å². The number of hydrogen-bond acceptors (Lipinski definition) is 2. The normalized spacial score (nSPS) is 15.8. The maximum Gasteiger partial charge on any atom is 0.156 e. The van der Waals surface area contributed by atoms with Crippen LogP contribution in [0.4, 0.5) is 4.39 Å². The van der Waals surface area contributed by atoms with Crippen molar-refractivity contribution < 1.29 is 14.3 Å². The van der Waals surface area contributed by atoms with Gasteiger partial charge in [-0.3, -0.25) is 4.79 Å². The van der Waals surface area contributed by atoms with E-state index in [1.165, 1.54) is 12.1 Å². The molecule has 68 valence electrons. The van der Waals surface area contributed by atoms with Crippen LogP contribution in [0.15, 0.2) is 12.1 Å². The Hall–Kier alpha value is -1.38. The first-order chi connectivity index (χ1) is 6.22. The zero-order valence-electron chi connectivity index (χ0n) is 6.96. The molecule has 3 heteroatoms. The number of phenolic OH excluding ortho intramolecular Hbond substituents is 1. The molecule has 0 aromatic heterocycles. The lowest BCUT2D eigenvalue weighted by molar-refractivity contribution is 0.111. The molecule has 1 aromatic rings. The number of phenols is 1. The summed E-state index contributed by atoms with van der Waals surface area (Å²) in [5.74, 6) is -0.505. The van der Waals surface area contributed by atoms with Gasteiger partial charge in [0, 0.05) is 0 Å². The van der Waals surface area contributed by atoms with Crippen molar-refractivity contribution in [3.05, 3.63) is 29.1 Å². The van der Waals surface area contributed by atoms with Crippen LogP contribution in [0, 0.1) is 5.82 Å². The monoisotopic (exact) mass is 180 g/mol. The topological polar surface area (TPSA) is 37.3 Å². The number of aromatic hydroxyl groups is 1. The van der Waals surface area contributed by atoms with Gasteiger partial charge in [-0.1, -0.05) is 0 Å². The molecule has 1 saturated carbocycles. The largest absolute Gasteiger partial charge is 0.507 e. The second kappa shape index (κ2) is 2.83. The molecule has 2 rings (SSSR count). The van der Waals surface area contributed by atoms with E-state index in [4.69, 9.17) is 0 Å². The van der Waals surface area contributed by atoms with Crippen LogP contribution in [0.3, 0.4) is 0 Å². The number of carbonyl (C=O) groups excluding carboxylic acids is 1. The molecule has 13 heavy (non-hydrogen) atoms. The van der Waals surface area contributed by atoms with Gasteiger partial charge in [0.15, 0.2) is 6.29 Å². The Kier molecular flexibility index (Phi) is 1.79. The maximum atomic E-state index is 13.1. The summed E-state index contributed by atoms with van der Waals surface area (Å²) in [4.78, 5) is 10.3. The Morgan fingerprint density at radius 3 is 2.62 bits per heavy atom. The lowest BCUT2D eigenvalue weighted by Crippen LogP contribution is -1.91. The third-order valence-corrected chi connectivity index (χ3v) is 2.30. The molecule has 0 spiro atoms. The zero-order valence-corrected chi connectivity index (χ0v) is 6.96. The number of aldehydes is 1. The number of halogens is 1. The summed E-state index contributed by atoms with van der Waals surface area (Å²) in [6, 6.07) is 2.81. The Labute approximate surface area is 75.0 Å². The van der Waals surface area contributed by atoms with Gasteiger partial charge in [-0.25, -0.2) is 4.39 Å². The number of benzene rings is 1. The van der Waals surface area contributed by atoms with E-state index in [9.17, 15) is 14.3 Å². The fourth-order valence-electron chi connectivity index (χ4n) is 1.39. The van der Waals surface area contributed by atoms with Gasteiger partial charge in [-0.15, -0.1) is 0 Å². The fourth-order valence-corrected chi connectivity index (χ4v) is 1.39. The molecule has 1 aromatic carbocycles. The molecule has 0 amide bonds. The minimum Gasteiger partial charge on any atom is -0.507 e. The van der Waals surface area contributed by atoms with Crippen molar-refractivity contribution >= 4 is 6.29 Å². The third kappa shape index (κ3) is 1.41. The molecule has 0 radical (unpaired) electrons. The number of hydrogen-bond donors (Lipinski definition) is 1.